The Morgan fingerprint density at radius 1 is 1.54 bits per heavy atom. The number of carbonyl (C=O) groups is 1. The summed E-state index contributed by atoms with van der Waals surface area (Å²) in [6.07, 6.45) is 0. The zero-order chi connectivity index (χ0) is 10.0. The second-order valence-electron chi connectivity index (χ2n) is 2.69. The van der Waals surface area contributed by atoms with Gasteiger partial charge in [-0.3, -0.25) is 4.79 Å². The van der Waals surface area contributed by atoms with Gasteiger partial charge in [-0.05, 0) is 24.6 Å². The van der Waals surface area contributed by atoms with E-state index in [2.05, 4.69) is 0 Å². The number of nitrogen functional groups attached to an aromatic ring is 1. The molecule has 4 heteroatoms. The average Bonchev–Trinajstić information content (AvgIpc) is 2.12. The van der Waals surface area contributed by atoms with Crippen LogP contribution < -0.4 is 5.73 Å². The molecular weight excluding hydrogens is 209 g/mol. The third-order valence-electron chi connectivity index (χ3n) is 1.86. The van der Waals surface area contributed by atoms with Crippen molar-refractivity contribution in [1.29, 1.82) is 0 Å². The highest BCUT2D eigenvalue weighted by molar-refractivity contribution is 6.37. The molecule has 0 bridgehead atoms. The summed E-state index contributed by atoms with van der Waals surface area (Å²) in [4.78, 5) is 11.3. The van der Waals surface area contributed by atoms with Gasteiger partial charge in [0.1, 0.15) is 0 Å². The van der Waals surface area contributed by atoms with E-state index in [1.807, 2.05) is 0 Å². The van der Waals surface area contributed by atoms with E-state index < -0.39 is 0 Å². The van der Waals surface area contributed by atoms with E-state index in [9.17, 15) is 4.79 Å². The number of anilines is 1. The van der Waals surface area contributed by atoms with Gasteiger partial charge in [0.05, 0.1) is 10.9 Å². The normalized spacial score (nSPS) is 10.1. The topological polar surface area (TPSA) is 43.1 Å². The molecule has 0 radical (unpaired) electrons. The molecule has 70 valence electrons. The van der Waals surface area contributed by atoms with Gasteiger partial charge < -0.3 is 5.73 Å². The summed E-state index contributed by atoms with van der Waals surface area (Å²) in [6, 6.07) is 3.27. The van der Waals surface area contributed by atoms with E-state index in [0.29, 0.717) is 21.8 Å². The minimum atomic E-state index is -0.198. The molecule has 1 aromatic rings. The van der Waals surface area contributed by atoms with Gasteiger partial charge in [-0.25, -0.2) is 0 Å². The summed E-state index contributed by atoms with van der Waals surface area (Å²) in [5.41, 5.74) is 7.30. The second kappa shape index (κ2) is 3.99. The summed E-state index contributed by atoms with van der Waals surface area (Å²) in [7, 11) is 0. The predicted molar refractivity (Wildman–Crippen MR) is 55.7 cm³/mol. The van der Waals surface area contributed by atoms with Crippen LogP contribution in [-0.2, 0) is 0 Å². The fourth-order valence-corrected chi connectivity index (χ4v) is 1.55. The monoisotopic (exact) mass is 217 g/mol. The second-order valence-corrected chi connectivity index (χ2v) is 3.37. The Balaban J connectivity index is 3.33. The molecule has 0 amide bonds. The van der Waals surface area contributed by atoms with E-state index in [1.54, 1.807) is 19.1 Å². The van der Waals surface area contributed by atoms with E-state index >= 15 is 0 Å². The number of nitrogens with two attached hydrogens (primary N) is 1. The van der Waals surface area contributed by atoms with E-state index in [1.165, 1.54) is 0 Å². The highest BCUT2D eigenvalue weighted by Gasteiger charge is 2.13. The van der Waals surface area contributed by atoms with Crippen molar-refractivity contribution >= 4 is 34.7 Å². The van der Waals surface area contributed by atoms with Crippen LogP contribution in [0.5, 0.6) is 0 Å². The molecule has 0 heterocycles. The first-order valence-corrected chi connectivity index (χ1v) is 4.63. The smallest absolute Gasteiger partial charge is 0.179 e. The Labute approximate surface area is 86.6 Å². The Morgan fingerprint density at radius 3 is 2.69 bits per heavy atom. The van der Waals surface area contributed by atoms with E-state index in [4.69, 9.17) is 28.9 Å². The van der Waals surface area contributed by atoms with Crippen molar-refractivity contribution in [3.8, 4) is 0 Å². The summed E-state index contributed by atoms with van der Waals surface area (Å²) < 4.78 is 0. The van der Waals surface area contributed by atoms with Gasteiger partial charge in [0.25, 0.3) is 0 Å². The van der Waals surface area contributed by atoms with Gasteiger partial charge in [-0.15, -0.1) is 11.6 Å². The lowest BCUT2D eigenvalue weighted by atomic mass is 10.0. The first kappa shape index (κ1) is 10.4. The zero-order valence-electron chi connectivity index (χ0n) is 7.10. The fourth-order valence-electron chi connectivity index (χ4n) is 1.10. The lowest BCUT2D eigenvalue weighted by molar-refractivity contribution is 0.102. The number of rotatable bonds is 2. The number of alkyl halides is 1. The third kappa shape index (κ3) is 1.95. The van der Waals surface area contributed by atoms with Crippen LogP contribution in [0.15, 0.2) is 12.1 Å². The van der Waals surface area contributed by atoms with Gasteiger partial charge in [0.2, 0.25) is 0 Å². The van der Waals surface area contributed by atoms with Crippen LogP contribution in [0.1, 0.15) is 15.9 Å². The van der Waals surface area contributed by atoms with E-state index in [-0.39, 0.29) is 11.7 Å². The molecule has 0 spiro atoms. The highest BCUT2D eigenvalue weighted by atomic mass is 35.5. The molecule has 13 heavy (non-hydrogen) atoms. The molecule has 0 aromatic heterocycles. The number of Topliss-reactive ketones (excluding diaryl/α,β-unsaturated/α-hetero) is 1. The number of carbonyl (C=O) groups excluding carboxylic acids is 1. The van der Waals surface area contributed by atoms with Crippen molar-refractivity contribution in [1.82, 2.24) is 0 Å². The molecule has 0 aliphatic heterocycles. The molecule has 2 nitrogen and oxygen atoms in total. The predicted octanol–water partition coefficient (Wildman–Crippen LogP) is 2.65. The minimum absolute atomic E-state index is 0.0794. The Morgan fingerprint density at radius 2 is 2.15 bits per heavy atom. The fraction of sp³-hybridized carbons (Fsp3) is 0.222. The molecule has 0 aliphatic carbocycles. The highest BCUT2D eigenvalue weighted by Crippen LogP contribution is 2.25. The third-order valence-corrected chi connectivity index (χ3v) is 2.41. The zero-order valence-corrected chi connectivity index (χ0v) is 8.62. The number of hydrogen-bond donors (Lipinski definition) is 1. The summed E-state index contributed by atoms with van der Waals surface area (Å²) in [5, 5.41) is 0.400. The lowest BCUT2D eigenvalue weighted by Gasteiger charge is -2.07. The SMILES string of the molecule is Cc1c(N)ccc(Cl)c1C(=O)CCl. The maximum Gasteiger partial charge on any atom is 0.179 e. The minimum Gasteiger partial charge on any atom is -0.398 e. The van der Waals surface area contributed by atoms with Gasteiger partial charge in [-0.2, -0.15) is 0 Å². The summed E-state index contributed by atoms with van der Waals surface area (Å²) in [5.74, 6) is -0.277. The number of benzene rings is 1. The Bertz CT molecular complexity index is 350. The first-order valence-electron chi connectivity index (χ1n) is 3.71. The van der Waals surface area contributed by atoms with Crippen LogP contribution in [0, 0.1) is 6.92 Å². The van der Waals surface area contributed by atoms with Crippen molar-refractivity contribution in [2.24, 2.45) is 0 Å². The summed E-state index contributed by atoms with van der Waals surface area (Å²) >= 11 is 11.3. The standard InChI is InChI=1S/C9H9Cl2NO/c1-5-7(12)3-2-6(11)9(5)8(13)4-10/h2-3H,4,12H2,1H3. The van der Waals surface area contributed by atoms with Gasteiger partial charge in [-0.1, -0.05) is 11.6 Å². The maximum atomic E-state index is 11.3. The Hall–Kier alpha value is -0.730. The van der Waals surface area contributed by atoms with Crippen LogP contribution >= 0.6 is 23.2 Å². The molecule has 1 aromatic carbocycles. The number of ketones is 1. The molecule has 2 N–H and O–H groups in total. The van der Waals surface area contributed by atoms with Crippen molar-refractivity contribution in [3.05, 3.63) is 28.3 Å². The lowest BCUT2D eigenvalue weighted by Crippen LogP contribution is -2.06. The van der Waals surface area contributed by atoms with Crippen molar-refractivity contribution in [2.45, 2.75) is 6.92 Å². The average molecular weight is 218 g/mol. The van der Waals surface area contributed by atoms with Crippen LogP contribution in [-0.4, -0.2) is 11.7 Å². The van der Waals surface area contributed by atoms with Crippen LogP contribution in [0.4, 0.5) is 5.69 Å². The number of halogens is 2. The van der Waals surface area contributed by atoms with Gasteiger partial charge in [0, 0.05) is 11.3 Å². The molecule has 0 aliphatic rings. The van der Waals surface area contributed by atoms with Crippen molar-refractivity contribution in [3.63, 3.8) is 0 Å². The Kier molecular flexibility index (Phi) is 3.17. The number of hydrogen-bond acceptors (Lipinski definition) is 2. The van der Waals surface area contributed by atoms with Crippen LogP contribution in [0.3, 0.4) is 0 Å². The van der Waals surface area contributed by atoms with Gasteiger partial charge in [0.15, 0.2) is 5.78 Å². The largest absolute Gasteiger partial charge is 0.398 e. The maximum absolute atomic E-state index is 11.3. The molecule has 0 atom stereocenters. The van der Waals surface area contributed by atoms with E-state index in [0.717, 1.165) is 0 Å². The molecule has 0 fully saturated rings. The molecule has 0 saturated carbocycles. The molecule has 1 rings (SSSR count). The van der Waals surface area contributed by atoms with Crippen LogP contribution in [0.2, 0.25) is 5.02 Å². The summed E-state index contributed by atoms with van der Waals surface area (Å²) in [6.45, 7) is 1.75. The molecule has 0 unspecified atom stereocenters. The van der Waals surface area contributed by atoms with Crippen LogP contribution in [0.25, 0.3) is 0 Å². The molecule has 0 saturated heterocycles. The van der Waals surface area contributed by atoms with Crippen molar-refractivity contribution < 1.29 is 4.79 Å². The van der Waals surface area contributed by atoms with Gasteiger partial charge >= 0.3 is 0 Å². The molecular formula is C9H9Cl2NO. The quantitative estimate of drug-likeness (QED) is 0.471. The van der Waals surface area contributed by atoms with Crippen molar-refractivity contribution in [2.75, 3.05) is 11.6 Å². The first-order chi connectivity index (χ1) is 6.07.